The first kappa shape index (κ1) is 13.7. The first-order chi connectivity index (χ1) is 8.00. The highest BCUT2D eigenvalue weighted by Crippen LogP contribution is 2.09. The molecule has 0 saturated carbocycles. The summed E-state index contributed by atoms with van der Waals surface area (Å²) in [4.78, 5) is 12.0. The van der Waals surface area contributed by atoms with Gasteiger partial charge in [-0.3, -0.25) is 4.79 Å². The molecular weight excluding hydrogens is 212 g/mol. The predicted octanol–water partition coefficient (Wildman–Crippen LogP) is 3.55. The first-order valence-corrected chi connectivity index (χ1v) is 5.87. The molecule has 0 bridgehead atoms. The molecule has 0 aliphatic rings. The molecule has 1 aromatic rings. The normalized spacial score (nSPS) is 12.2. The second-order valence-electron chi connectivity index (χ2n) is 4.45. The number of aryl methyl sites for hydroxylation is 1. The average Bonchev–Trinajstić information content (AvgIpc) is 2.28. The van der Waals surface area contributed by atoms with Gasteiger partial charge in [-0.1, -0.05) is 35.4 Å². The summed E-state index contributed by atoms with van der Waals surface area (Å²) in [5.74, 6) is 0.0340. The fraction of sp³-hybridized carbons (Fsp3) is 0.400. The van der Waals surface area contributed by atoms with E-state index in [4.69, 9.17) is 4.74 Å². The zero-order valence-electron chi connectivity index (χ0n) is 10.8. The van der Waals surface area contributed by atoms with Gasteiger partial charge in [0.05, 0.1) is 6.61 Å². The standard InChI is InChI=1S/C15H20O2/c1-11(2)9-10-17-13(4)15(16)14-7-5-12(3)6-8-14/h5-8,13H,1,9-10H2,2-4H3. The van der Waals surface area contributed by atoms with Crippen LogP contribution in [0.25, 0.3) is 0 Å². The molecule has 17 heavy (non-hydrogen) atoms. The lowest BCUT2D eigenvalue weighted by Gasteiger charge is -2.12. The molecule has 1 rings (SSSR count). The summed E-state index contributed by atoms with van der Waals surface area (Å²) >= 11 is 0. The van der Waals surface area contributed by atoms with Crippen molar-refractivity contribution < 1.29 is 9.53 Å². The van der Waals surface area contributed by atoms with Crippen molar-refractivity contribution >= 4 is 5.78 Å². The van der Waals surface area contributed by atoms with Crippen LogP contribution in [0, 0.1) is 6.92 Å². The van der Waals surface area contributed by atoms with Crippen molar-refractivity contribution in [2.75, 3.05) is 6.61 Å². The van der Waals surface area contributed by atoms with Gasteiger partial charge in [-0.25, -0.2) is 0 Å². The summed E-state index contributed by atoms with van der Waals surface area (Å²) in [6.07, 6.45) is 0.406. The minimum atomic E-state index is -0.392. The van der Waals surface area contributed by atoms with Crippen molar-refractivity contribution in [2.24, 2.45) is 0 Å². The molecule has 0 saturated heterocycles. The van der Waals surface area contributed by atoms with Crippen LogP contribution in [-0.4, -0.2) is 18.5 Å². The summed E-state index contributed by atoms with van der Waals surface area (Å²) in [5.41, 5.74) is 2.93. The van der Waals surface area contributed by atoms with Crippen LogP contribution in [0.2, 0.25) is 0 Å². The topological polar surface area (TPSA) is 26.3 Å². The number of carbonyl (C=O) groups excluding carboxylic acids is 1. The van der Waals surface area contributed by atoms with Crippen LogP contribution in [-0.2, 0) is 4.74 Å². The summed E-state index contributed by atoms with van der Waals surface area (Å²) in [6.45, 7) is 10.1. The van der Waals surface area contributed by atoms with E-state index in [1.54, 1.807) is 6.92 Å². The van der Waals surface area contributed by atoms with Gasteiger partial charge in [-0.15, -0.1) is 6.58 Å². The fourth-order valence-corrected chi connectivity index (χ4v) is 1.44. The van der Waals surface area contributed by atoms with Gasteiger partial charge < -0.3 is 4.74 Å². The van der Waals surface area contributed by atoms with Gasteiger partial charge in [0, 0.05) is 5.56 Å². The van der Waals surface area contributed by atoms with Gasteiger partial charge in [-0.2, -0.15) is 0 Å². The molecule has 0 N–H and O–H groups in total. The molecule has 0 aromatic heterocycles. The lowest BCUT2D eigenvalue weighted by molar-refractivity contribution is 0.0487. The molecule has 0 spiro atoms. The first-order valence-electron chi connectivity index (χ1n) is 5.87. The lowest BCUT2D eigenvalue weighted by Crippen LogP contribution is -2.21. The van der Waals surface area contributed by atoms with Crippen LogP contribution in [0.15, 0.2) is 36.4 Å². The van der Waals surface area contributed by atoms with Gasteiger partial charge in [0.2, 0.25) is 0 Å². The molecule has 0 aliphatic carbocycles. The van der Waals surface area contributed by atoms with Gasteiger partial charge in [0.1, 0.15) is 6.10 Å². The minimum Gasteiger partial charge on any atom is -0.370 e. The molecule has 0 aliphatic heterocycles. The van der Waals surface area contributed by atoms with Crippen LogP contribution in [0.4, 0.5) is 0 Å². The molecule has 2 heteroatoms. The van der Waals surface area contributed by atoms with Crippen LogP contribution in [0.5, 0.6) is 0 Å². The third kappa shape index (κ3) is 4.53. The Morgan fingerprint density at radius 1 is 1.35 bits per heavy atom. The number of hydrogen-bond donors (Lipinski definition) is 0. The van der Waals surface area contributed by atoms with Gasteiger partial charge in [0.25, 0.3) is 0 Å². The van der Waals surface area contributed by atoms with E-state index in [9.17, 15) is 4.79 Å². The molecule has 0 amide bonds. The van der Waals surface area contributed by atoms with Gasteiger partial charge in [0.15, 0.2) is 5.78 Å². The number of rotatable bonds is 6. The van der Waals surface area contributed by atoms with E-state index in [1.165, 1.54) is 0 Å². The summed E-state index contributed by atoms with van der Waals surface area (Å²) < 4.78 is 5.49. The van der Waals surface area contributed by atoms with Crippen molar-refractivity contribution in [3.05, 3.63) is 47.5 Å². The molecule has 1 unspecified atom stereocenters. The number of Topliss-reactive ketones (excluding diaryl/α,β-unsaturated/α-hetero) is 1. The Kier molecular flexibility index (Phi) is 5.11. The Morgan fingerprint density at radius 3 is 2.47 bits per heavy atom. The summed E-state index contributed by atoms with van der Waals surface area (Å²) in [6, 6.07) is 7.56. The van der Waals surface area contributed by atoms with E-state index in [1.807, 2.05) is 38.1 Å². The maximum Gasteiger partial charge on any atom is 0.191 e. The monoisotopic (exact) mass is 232 g/mol. The Balaban J connectivity index is 2.51. The highest BCUT2D eigenvalue weighted by Gasteiger charge is 2.15. The van der Waals surface area contributed by atoms with Crippen LogP contribution < -0.4 is 0 Å². The number of benzene rings is 1. The van der Waals surface area contributed by atoms with E-state index in [0.29, 0.717) is 12.2 Å². The van der Waals surface area contributed by atoms with Crippen LogP contribution in [0.3, 0.4) is 0 Å². The maximum absolute atomic E-state index is 12.0. The largest absolute Gasteiger partial charge is 0.370 e. The molecule has 0 heterocycles. The lowest BCUT2D eigenvalue weighted by atomic mass is 10.1. The minimum absolute atomic E-state index is 0.0340. The second-order valence-corrected chi connectivity index (χ2v) is 4.45. The number of ketones is 1. The van der Waals surface area contributed by atoms with E-state index < -0.39 is 6.10 Å². The smallest absolute Gasteiger partial charge is 0.191 e. The predicted molar refractivity (Wildman–Crippen MR) is 70.4 cm³/mol. The van der Waals surface area contributed by atoms with Crippen molar-refractivity contribution in [3.8, 4) is 0 Å². The van der Waals surface area contributed by atoms with Gasteiger partial charge in [-0.05, 0) is 27.2 Å². The molecule has 0 radical (unpaired) electrons. The quantitative estimate of drug-likeness (QED) is 0.554. The van der Waals surface area contributed by atoms with Crippen molar-refractivity contribution in [3.63, 3.8) is 0 Å². The third-order valence-corrected chi connectivity index (χ3v) is 2.60. The van der Waals surface area contributed by atoms with Gasteiger partial charge >= 0.3 is 0 Å². The zero-order valence-corrected chi connectivity index (χ0v) is 10.8. The second kappa shape index (κ2) is 6.36. The molecule has 1 aromatic carbocycles. The molecule has 0 fully saturated rings. The molecule has 1 atom stereocenters. The zero-order chi connectivity index (χ0) is 12.8. The number of ether oxygens (including phenoxy) is 1. The van der Waals surface area contributed by atoms with Crippen LogP contribution >= 0.6 is 0 Å². The van der Waals surface area contributed by atoms with E-state index in [2.05, 4.69) is 6.58 Å². The average molecular weight is 232 g/mol. The van der Waals surface area contributed by atoms with Crippen molar-refractivity contribution in [2.45, 2.75) is 33.3 Å². The third-order valence-electron chi connectivity index (χ3n) is 2.60. The summed E-state index contributed by atoms with van der Waals surface area (Å²) in [7, 11) is 0. The Bertz CT molecular complexity index is 390. The fourth-order valence-electron chi connectivity index (χ4n) is 1.44. The van der Waals surface area contributed by atoms with E-state index in [-0.39, 0.29) is 5.78 Å². The van der Waals surface area contributed by atoms with Crippen molar-refractivity contribution in [1.29, 1.82) is 0 Å². The molecule has 92 valence electrons. The van der Waals surface area contributed by atoms with Crippen molar-refractivity contribution in [1.82, 2.24) is 0 Å². The SMILES string of the molecule is C=C(C)CCOC(C)C(=O)c1ccc(C)cc1. The molecular formula is C15H20O2. The van der Waals surface area contributed by atoms with E-state index >= 15 is 0 Å². The highest BCUT2D eigenvalue weighted by atomic mass is 16.5. The highest BCUT2D eigenvalue weighted by molar-refractivity contribution is 5.99. The Morgan fingerprint density at radius 2 is 1.94 bits per heavy atom. The Labute approximate surface area is 103 Å². The Hall–Kier alpha value is -1.41. The number of carbonyl (C=O) groups is 1. The maximum atomic E-state index is 12.0. The summed E-state index contributed by atoms with van der Waals surface area (Å²) in [5, 5.41) is 0. The van der Waals surface area contributed by atoms with Crippen LogP contribution in [0.1, 0.15) is 36.2 Å². The van der Waals surface area contributed by atoms with E-state index in [0.717, 1.165) is 17.6 Å². The molecule has 2 nitrogen and oxygen atoms in total. The number of hydrogen-bond acceptors (Lipinski definition) is 2.